The minimum absolute atomic E-state index is 0.0367. The molecule has 1 heterocycles. The summed E-state index contributed by atoms with van der Waals surface area (Å²) in [6.45, 7) is 3.99. The monoisotopic (exact) mass is 351 g/mol. The lowest BCUT2D eigenvalue weighted by Gasteiger charge is -2.06. The number of carbonyl (C=O) groups excluding carboxylic acids is 1. The summed E-state index contributed by atoms with van der Waals surface area (Å²) in [5.74, 6) is 0.952. The molecule has 1 amide bonds. The van der Waals surface area contributed by atoms with Gasteiger partial charge in [-0.1, -0.05) is 24.3 Å². The van der Waals surface area contributed by atoms with E-state index in [0.29, 0.717) is 25.3 Å². The van der Waals surface area contributed by atoms with Crippen LogP contribution >= 0.6 is 0 Å². The number of fused-ring (bicyclic) bond motifs is 1. The van der Waals surface area contributed by atoms with Gasteiger partial charge in [-0.25, -0.2) is 4.98 Å². The fourth-order valence-corrected chi connectivity index (χ4v) is 2.83. The molecule has 5 heteroatoms. The van der Waals surface area contributed by atoms with E-state index in [4.69, 9.17) is 4.74 Å². The third-order valence-electron chi connectivity index (χ3n) is 4.26. The van der Waals surface area contributed by atoms with E-state index in [1.165, 1.54) is 5.56 Å². The van der Waals surface area contributed by atoms with Crippen LogP contribution in [0, 0.1) is 0 Å². The third kappa shape index (κ3) is 4.92. The maximum atomic E-state index is 12.1. The van der Waals surface area contributed by atoms with Crippen LogP contribution in [0.15, 0.2) is 48.5 Å². The Bertz CT molecular complexity index is 807. The highest BCUT2D eigenvalue weighted by Gasteiger charge is 2.06. The Kier molecular flexibility index (Phi) is 6.39. The smallest absolute Gasteiger partial charge is 0.251 e. The topological polar surface area (TPSA) is 67.0 Å². The minimum atomic E-state index is -0.0367. The summed E-state index contributed by atoms with van der Waals surface area (Å²) in [6.07, 6.45) is 2.56. The maximum absolute atomic E-state index is 12.1. The van der Waals surface area contributed by atoms with Crippen LogP contribution in [-0.4, -0.2) is 35.6 Å². The van der Waals surface area contributed by atoms with E-state index in [1.807, 2.05) is 55.5 Å². The van der Waals surface area contributed by atoms with Gasteiger partial charge in [0.15, 0.2) is 0 Å². The number of hydrogen-bond donors (Lipinski definition) is 2. The van der Waals surface area contributed by atoms with Crippen molar-refractivity contribution in [2.75, 3.05) is 19.8 Å². The number of rotatable bonds is 9. The molecule has 2 N–H and O–H groups in total. The number of carbonyl (C=O) groups is 1. The van der Waals surface area contributed by atoms with Crippen molar-refractivity contribution in [2.24, 2.45) is 0 Å². The van der Waals surface area contributed by atoms with Crippen LogP contribution in [0.2, 0.25) is 0 Å². The second kappa shape index (κ2) is 9.15. The minimum Gasteiger partial charge on any atom is -0.382 e. The number of H-pyrrole nitrogens is 1. The number of aromatic nitrogens is 2. The lowest BCUT2D eigenvalue weighted by atomic mass is 10.1. The van der Waals surface area contributed by atoms with E-state index in [9.17, 15) is 4.79 Å². The summed E-state index contributed by atoms with van der Waals surface area (Å²) in [5, 5.41) is 2.92. The van der Waals surface area contributed by atoms with Crippen LogP contribution in [-0.2, 0) is 17.6 Å². The van der Waals surface area contributed by atoms with Crippen molar-refractivity contribution in [1.29, 1.82) is 0 Å². The molecule has 0 fully saturated rings. The van der Waals surface area contributed by atoms with Crippen molar-refractivity contribution in [3.63, 3.8) is 0 Å². The molecule has 3 aromatic rings. The predicted octanol–water partition coefficient (Wildman–Crippen LogP) is 3.50. The summed E-state index contributed by atoms with van der Waals surface area (Å²) in [4.78, 5) is 20.0. The number of para-hydroxylation sites is 2. The van der Waals surface area contributed by atoms with Crippen molar-refractivity contribution in [2.45, 2.75) is 26.2 Å². The molecule has 2 aromatic carbocycles. The van der Waals surface area contributed by atoms with Crippen LogP contribution < -0.4 is 5.32 Å². The van der Waals surface area contributed by atoms with Gasteiger partial charge in [0.2, 0.25) is 0 Å². The summed E-state index contributed by atoms with van der Waals surface area (Å²) >= 11 is 0. The number of nitrogens with one attached hydrogen (secondary N) is 2. The van der Waals surface area contributed by atoms with Crippen molar-refractivity contribution >= 4 is 16.9 Å². The van der Waals surface area contributed by atoms with Gasteiger partial charge in [-0.05, 0) is 49.6 Å². The molecule has 26 heavy (non-hydrogen) atoms. The van der Waals surface area contributed by atoms with Crippen LogP contribution in [0.4, 0.5) is 0 Å². The van der Waals surface area contributed by atoms with Gasteiger partial charge in [-0.3, -0.25) is 4.79 Å². The first-order valence-corrected chi connectivity index (χ1v) is 9.15. The molecule has 0 aliphatic rings. The normalized spacial score (nSPS) is 11.0. The Labute approximate surface area is 153 Å². The van der Waals surface area contributed by atoms with E-state index in [-0.39, 0.29) is 5.91 Å². The van der Waals surface area contributed by atoms with Crippen molar-refractivity contribution < 1.29 is 9.53 Å². The first-order valence-electron chi connectivity index (χ1n) is 9.15. The zero-order valence-electron chi connectivity index (χ0n) is 15.1. The van der Waals surface area contributed by atoms with Gasteiger partial charge in [0.25, 0.3) is 5.91 Å². The van der Waals surface area contributed by atoms with Crippen LogP contribution in [0.1, 0.15) is 35.1 Å². The molecule has 0 atom stereocenters. The highest BCUT2D eigenvalue weighted by molar-refractivity contribution is 5.94. The molecular formula is C21H25N3O2. The van der Waals surface area contributed by atoms with Gasteiger partial charge in [0.1, 0.15) is 5.82 Å². The van der Waals surface area contributed by atoms with Gasteiger partial charge in [-0.2, -0.15) is 0 Å². The molecule has 0 saturated heterocycles. The zero-order valence-corrected chi connectivity index (χ0v) is 15.1. The molecule has 0 bridgehead atoms. The number of aryl methyl sites for hydroxylation is 2. The molecule has 1 aromatic heterocycles. The van der Waals surface area contributed by atoms with Crippen molar-refractivity contribution in [3.8, 4) is 0 Å². The molecule has 5 nitrogen and oxygen atoms in total. The van der Waals surface area contributed by atoms with Gasteiger partial charge >= 0.3 is 0 Å². The Hall–Kier alpha value is -2.66. The molecule has 0 saturated carbocycles. The summed E-state index contributed by atoms with van der Waals surface area (Å²) in [6, 6.07) is 15.8. The van der Waals surface area contributed by atoms with E-state index < -0.39 is 0 Å². The highest BCUT2D eigenvalue weighted by atomic mass is 16.5. The standard InChI is InChI=1S/C21H25N3O2/c1-2-26-15-5-14-22-21(25)17-11-8-16(9-12-17)10-13-20-23-18-6-3-4-7-19(18)24-20/h3-4,6-9,11-12H,2,5,10,13-15H2,1H3,(H,22,25)(H,23,24). The van der Waals surface area contributed by atoms with E-state index in [0.717, 1.165) is 36.1 Å². The van der Waals surface area contributed by atoms with Crippen molar-refractivity contribution in [1.82, 2.24) is 15.3 Å². The van der Waals surface area contributed by atoms with Crippen LogP contribution in [0.3, 0.4) is 0 Å². The average Bonchev–Trinajstić information content (AvgIpc) is 3.09. The Morgan fingerprint density at radius 1 is 1.12 bits per heavy atom. The molecule has 0 radical (unpaired) electrons. The molecule has 3 rings (SSSR count). The fraction of sp³-hybridized carbons (Fsp3) is 0.333. The summed E-state index contributed by atoms with van der Waals surface area (Å²) < 4.78 is 5.26. The second-order valence-electron chi connectivity index (χ2n) is 6.20. The quantitative estimate of drug-likeness (QED) is 0.580. The number of nitrogens with zero attached hydrogens (tertiary/aromatic N) is 1. The Morgan fingerprint density at radius 2 is 1.92 bits per heavy atom. The van der Waals surface area contributed by atoms with Gasteiger partial charge < -0.3 is 15.0 Å². The zero-order chi connectivity index (χ0) is 18.2. The van der Waals surface area contributed by atoms with Crippen LogP contribution in [0.25, 0.3) is 11.0 Å². The van der Waals surface area contributed by atoms with Gasteiger partial charge in [-0.15, -0.1) is 0 Å². The largest absolute Gasteiger partial charge is 0.382 e. The third-order valence-corrected chi connectivity index (χ3v) is 4.26. The van der Waals surface area contributed by atoms with E-state index in [2.05, 4.69) is 15.3 Å². The lowest BCUT2D eigenvalue weighted by Crippen LogP contribution is -2.25. The van der Waals surface area contributed by atoms with Crippen molar-refractivity contribution in [3.05, 3.63) is 65.5 Å². The number of aromatic amines is 1. The summed E-state index contributed by atoms with van der Waals surface area (Å²) in [7, 11) is 0. The second-order valence-corrected chi connectivity index (χ2v) is 6.20. The number of ether oxygens (including phenoxy) is 1. The Morgan fingerprint density at radius 3 is 2.69 bits per heavy atom. The molecule has 0 unspecified atom stereocenters. The highest BCUT2D eigenvalue weighted by Crippen LogP contribution is 2.13. The average molecular weight is 351 g/mol. The first kappa shape index (κ1) is 18.1. The molecular weight excluding hydrogens is 326 g/mol. The number of benzene rings is 2. The van der Waals surface area contributed by atoms with E-state index >= 15 is 0 Å². The van der Waals surface area contributed by atoms with Gasteiger partial charge in [0.05, 0.1) is 11.0 Å². The maximum Gasteiger partial charge on any atom is 0.251 e. The van der Waals surface area contributed by atoms with Crippen LogP contribution in [0.5, 0.6) is 0 Å². The SMILES string of the molecule is CCOCCCNC(=O)c1ccc(CCc2nc3ccccc3[nH]2)cc1. The Balaban J connectivity index is 1.48. The van der Waals surface area contributed by atoms with Gasteiger partial charge in [0, 0.05) is 31.7 Å². The predicted molar refractivity (Wildman–Crippen MR) is 103 cm³/mol. The fourth-order valence-electron chi connectivity index (χ4n) is 2.83. The number of hydrogen-bond acceptors (Lipinski definition) is 3. The lowest BCUT2D eigenvalue weighted by molar-refractivity contribution is 0.0944. The molecule has 0 aliphatic heterocycles. The molecule has 0 aliphatic carbocycles. The summed E-state index contributed by atoms with van der Waals surface area (Å²) in [5.41, 5.74) is 3.95. The first-order chi connectivity index (χ1) is 12.8. The van der Waals surface area contributed by atoms with E-state index in [1.54, 1.807) is 0 Å². The molecule has 0 spiro atoms. The number of imidazole rings is 1. The molecule has 136 valence electrons. The number of amides is 1.